The molecule has 1 N–H and O–H groups in total. The van der Waals surface area contributed by atoms with Crippen molar-refractivity contribution < 1.29 is 4.79 Å². The molecule has 2 aromatic heterocycles. The number of hydrogen-bond donors (Lipinski definition) is 1. The lowest BCUT2D eigenvalue weighted by Crippen LogP contribution is -2.44. The highest BCUT2D eigenvalue weighted by atomic mass is 35.5. The summed E-state index contributed by atoms with van der Waals surface area (Å²) in [4.78, 5) is 24.1. The van der Waals surface area contributed by atoms with Gasteiger partial charge in [-0.25, -0.2) is 9.78 Å². The van der Waals surface area contributed by atoms with Gasteiger partial charge in [-0.1, -0.05) is 17.7 Å². The first-order valence-electron chi connectivity index (χ1n) is 8.63. The van der Waals surface area contributed by atoms with Gasteiger partial charge in [-0.15, -0.1) is 11.3 Å². The fraction of sp³-hybridized carbons (Fsp3) is 0.444. The SMILES string of the molecule is CN1CCN(c2ccc(CNC(=O)N(C)Cc3ccc(Cl)s3)cn2)CC1. The Kier molecular flexibility index (Phi) is 6.34. The van der Waals surface area contributed by atoms with E-state index in [1.165, 1.54) is 11.3 Å². The molecule has 1 fully saturated rings. The summed E-state index contributed by atoms with van der Waals surface area (Å²) in [7, 11) is 3.91. The Morgan fingerprint density at radius 2 is 2.04 bits per heavy atom. The molecule has 0 aliphatic carbocycles. The number of aromatic nitrogens is 1. The first kappa shape index (κ1) is 18.9. The van der Waals surface area contributed by atoms with Gasteiger partial charge in [-0.05, 0) is 30.8 Å². The van der Waals surface area contributed by atoms with Crippen LogP contribution < -0.4 is 10.2 Å². The Hall–Kier alpha value is -1.83. The number of thiophene rings is 1. The predicted molar refractivity (Wildman–Crippen MR) is 107 cm³/mol. The maximum atomic E-state index is 12.2. The number of rotatable bonds is 5. The second-order valence-corrected chi connectivity index (χ2v) is 8.34. The fourth-order valence-corrected chi connectivity index (χ4v) is 3.94. The van der Waals surface area contributed by atoms with Crippen LogP contribution in [0.4, 0.5) is 10.6 Å². The molecule has 1 aliphatic rings. The van der Waals surface area contributed by atoms with Crippen molar-refractivity contribution in [3.05, 3.63) is 45.2 Å². The van der Waals surface area contributed by atoms with Crippen molar-refractivity contribution in [2.75, 3.05) is 45.2 Å². The van der Waals surface area contributed by atoms with E-state index in [9.17, 15) is 4.79 Å². The molecule has 0 unspecified atom stereocenters. The minimum atomic E-state index is -0.113. The van der Waals surface area contributed by atoms with Crippen molar-refractivity contribution in [1.82, 2.24) is 20.1 Å². The van der Waals surface area contributed by atoms with E-state index in [1.54, 1.807) is 11.9 Å². The van der Waals surface area contributed by atoms with E-state index in [0.717, 1.165) is 46.8 Å². The van der Waals surface area contributed by atoms with Gasteiger partial charge in [-0.2, -0.15) is 0 Å². The molecule has 8 heteroatoms. The zero-order valence-electron chi connectivity index (χ0n) is 15.1. The first-order chi connectivity index (χ1) is 12.5. The standard InChI is InChI=1S/C18H24ClN5OS/c1-22-7-9-24(10-8-22)17-6-3-14(11-20-17)12-21-18(25)23(2)13-15-4-5-16(19)26-15/h3-6,11H,7-10,12-13H2,1-2H3,(H,21,25). The van der Waals surface area contributed by atoms with Gasteiger partial charge >= 0.3 is 6.03 Å². The van der Waals surface area contributed by atoms with Gasteiger partial charge in [0, 0.05) is 50.8 Å². The molecule has 3 heterocycles. The van der Waals surface area contributed by atoms with E-state index < -0.39 is 0 Å². The number of anilines is 1. The molecule has 0 atom stereocenters. The smallest absolute Gasteiger partial charge is 0.317 e. The summed E-state index contributed by atoms with van der Waals surface area (Å²) in [5.74, 6) is 1.000. The van der Waals surface area contributed by atoms with Gasteiger partial charge in [0.15, 0.2) is 0 Å². The Balaban J connectivity index is 1.47. The van der Waals surface area contributed by atoms with Gasteiger partial charge in [0.05, 0.1) is 10.9 Å². The van der Waals surface area contributed by atoms with E-state index in [4.69, 9.17) is 11.6 Å². The summed E-state index contributed by atoms with van der Waals surface area (Å²) in [5, 5.41) is 2.93. The molecule has 0 saturated carbocycles. The molecular weight excluding hydrogens is 370 g/mol. The zero-order valence-corrected chi connectivity index (χ0v) is 16.7. The molecule has 0 spiro atoms. The summed E-state index contributed by atoms with van der Waals surface area (Å²) in [6, 6.07) is 7.74. The lowest BCUT2D eigenvalue weighted by Gasteiger charge is -2.33. The van der Waals surface area contributed by atoms with Gasteiger partial charge in [0.25, 0.3) is 0 Å². The number of pyridine rings is 1. The molecule has 0 aromatic carbocycles. The van der Waals surface area contributed by atoms with Gasteiger partial charge < -0.3 is 20.0 Å². The molecular formula is C18H24ClN5OS. The second kappa shape index (κ2) is 8.70. The Labute approximate surface area is 163 Å². The summed E-state index contributed by atoms with van der Waals surface area (Å²) in [6.07, 6.45) is 1.84. The van der Waals surface area contributed by atoms with Crippen LogP contribution >= 0.6 is 22.9 Å². The number of carbonyl (C=O) groups is 1. The van der Waals surface area contributed by atoms with Crippen LogP contribution in [0.25, 0.3) is 0 Å². The molecule has 3 rings (SSSR count). The number of urea groups is 1. The van der Waals surface area contributed by atoms with Crippen LogP contribution in [-0.4, -0.2) is 61.1 Å². The molecule has 140 valence electrons. The number of nitrogens with one attached hydrogen (secondary N) is 1. The third-order valence-electron chi connectivity index (χ3n) is 4.45. The monoisotopic (exact) mass is 393 g/mol. The quantitative estimate of drug-likeness (QED) is 0.848. The summed E-state index contributed by atoms with van der Waals surface area (Å²) < 4.78 is 0.736. The number of nitrogens with zero attached hydrogens (tertiary/aromatic N) is 4. The van der Waals surface area contributed by atoms with Crippen molar-refractivity contribution in [2.45, 2.75) is 13.1 Å². The highest BCUT2D eigenvalue weighted by molar-refractivity contribution is 7.16. The highest BCUT2D eigenvalue weighted by Gasteiger charge is 2.15. The van der Waals surface area contributed by atoms with Gasteiger partial charge in [-0.3, -0.25) is 0 Å². The van der Waals surface area contributed by atoms with Crippen LogP contribution in [0.5, 0.6) is 0 Å². The summed E-state index contributed by atoms with van der Waals surface area (Å²) >= 11 is 7.42. The van der Waals surface area contributed by atoms with Crippen molar-refractivity contribution in [3.8, 4) is 0 Å². The van der Waals surface area contributed by atoms with E-state index >= 15 is 0 Å². The number of carbonyl (C=O) groups excluding carboxylic acids is 1. The molecule has 2 amide bonds. The van der Waals surface area contributed by atoms with Crippen molar-refractivity contribution >= 4 is 34.8 Å². The molecule has 6 nitrogen and oxygen atoms in total. The molecule has 2 aromatic rings. The molecule has 1 saturated heterocycles. The normalized spacial score (nSPS) is 15.1. The third kappa shape index (κ3) is 5.09. The topological polar surface area (TPSA) is 51.7 Å². The van der Waals surface area contributed by atoms with Crippen molar-refractivity contribution in [2.24, 2.45) is 0 Å². The maximum absolute atomic E-state index is 12.2. The molecule has 26 heavy (non-hydrogen) atoms. The average Bonchev–Trinajstić information content (AvgIpc) is 3.05. The number of likely N-dealkylation sites (N-methyl/N-ethyl adjacent to an activating group) is 1. The van der Waals surface area contributed by atoms with E-state index in [0.29, 0.717) is 13.1 Å². The van der Waals surface area contributed by atoms with Crippen LogP contribution in [0.3, 0.4) is 0 Å². The fourth-order valence-electron chi connectivity index (χ4n) is 2.80. The van der Waals surface area contributed by atoms with E-state index in [1.807, 2.05) is 30.5 Å². The molecule has 1 aliphatic heterocycles. The predicted octanol–water partition coefficient (Wildman–Crippen LogP) is 2.89. The number of hydrogen-bond acceptors (Lipinski definition) is 5. The van der Waals surface area contributed by atoms with Crippen LogP contribution in [0.2, 0.25) is 4.34 Å². The summed E-state index contributed by atoms with van der Waals surface area (Å²) in [5.41, 5.74) is 0.990. The Morgan fingerprint density at radius 3 is 2.65 bits per heavy atom. The minimum absolute atomic E-state index is 0.113. The lowest BCUT2D eigenvalue weighted by atomic mass is 10.2. The van der Waals surface area contributed by atoms with Gasteiger partial charge in [0.2, 0.25) is 0 Å². The Bertz CT molecular complexity index is 727. The lowest BCUT2D eigenvalue weighted by molar-refractivity contribution is 0.207. The second-order valence-electron chi connectivity index (χ2n) is 6.54. The number of amides is 2. The first-order valence-corrected chi connectivity index (χ1v) is 9.82. The third-order valence-corrected chi connectivity index (χ3v) is 5.66. The maximum Gasteiger partial charge on any atom is 0.317 e. The van der Waals surface area contributed by atoms with Crippen LogP contribution in [-0.2, 0) is 13.1 Å². The van der Waals surface area contributed by atoms with Crippen LogP contribution in [0.15, 0.2) is 30.5 Å². The molecule has 0 radical (unpaired) electrons. The number of halogens is 1. The highest BCUT2D eigenvalue weighted by Crippen LogP contribution is 2.22. The van der Waals surface area contributed by atoms with Crippen molar-refractivity contribution in [1.29, 1.82) is 0 Å². The van der Waals surface area contributed by atoms with E-state index in [-0.39, 0.29) is 6.03 Å². The number of piperazine rings is 1. The minimum Gasteiger partial charge on any atom is -0.354 e. The van der Waals surface area contributed by atoms with E-state index in [2.05, 4.69) is 27.1 Å². The largest absolute Gasteiger partial charge is 0.354 e. The Morgan fingerprint density at radius 1 is 1.27 bits per heavy atom. The summed E-state index contributed by atoms with van der Waals surface area (Å²) in [6.45, 7) is 5.12. The van der Waals surface area contributed by atoms with Crippen LogP contribution in [0.1, 0.15) is 10.4 Å². The van der Waals surface area contributed by atoms with Crippen LogP contribution in [0, 0.1) is 0 Å². The van der Waals surface area contributed by atoms with Crippen molar-refractivity contribution in [3.63, 3.8) is 0 Å². The average molecular weight is 394 g/mol. The van der Waals surface area contributed by atoms with Gasteiger partial charge in [0.1, 0.15) is 5.82 Å². The molecule has 0 bridgehead atoms. The zero-order chi connectivity index (χ0) is 18.5.